The molecular formula is C17H30N2. The standard InChI is InChI=1S/C17H30N2/c1-13(2)19-17(6,7)12-15-10-14(8-9-18-15)11-16(3,4)5/h8-10,13,19H,11-12H2,1-7H3. The second-order valence-electron chi connectivity index (χ2n) is 7.75. The van der Waals surface area contributed by atoms with Crippen LogP contribution in [-0.4, -0.2) is 16.6 Å². The van der Waals surface area contributed by atoms with Crippen LogP contribution in [-0.2, 0) is 12.8 Å². The zero-order valence-corrected chi connectivity index (χ0v) is 13.7. The third-order valence-corrected chi connectivity index (χ3v) is 2.92. The predicted octanol–water partition coefficient (Wildman–Crippen LogP) is 3.99. The van der Waals surface area contributed by atoms with Gasteiger partial charge in [-0.1, -0.05) is 34.6 Å². The van der Waals surface area contributed by atoms with Crippen LogP contribution in [0.3, 0.4) is 0 Å². The Morgan fingerprint density at radius 1 is 1.11 bits per heavy atom. The lowest BCUT2D eigenvalue weighted by Gasteiger charge is -2.29. The molecule has 0 saturated carbocycles. The van der Waals surface area contributed by atoms with E-state index < -0.39 is 0 Å². The molecule has 0 bridgehead atoms. The molecule has 1 rings (SSSR count). The van der Waals surface area contributed by atoms with Crippen LogP contribution < -0.4 is 5.32 Å². The lowest BCUT2D eigenvalue weighted by Crippen LogP contribution is -2.45. The number of nitrogens with one attached hydrogen (secondary N) is 1. The molecule has 0 atom stereocenters. The van der Waals surface area contributed by atoms with Crippen molar-refractivity contribution in [3.05, 3.63) is 29.6 Å². The van der Waals surface area contributed by atoms with E-state index in [1.165, 1.54) is 11.3 Å². The number of nitrogens with zero attached hydrogens (tertiary/aromatic N) is 1. The van der Waals surface area contributed by atoms with Gasteiger partial charge in [0.25, 0.3) is 0 Å². The molecule has 0 aliphatic rings. The Labute approximate surface area is 119 Å². The Hall–Kier alpha value is -0.890. The van der Waals surface area contributed by atoms with Gasteiger partial charge in [-0.15, -0.1) is 0 Å². The summed E-state index contributed by atoms with van der Waals surface area (Å²) in [4.78, 5) is 4.52. The monoisotopic (exact) mass is 262 g/mol. The van der Waals surface area contributed by atoms with E-state index in [9.17, 15) is 0 Å². The molecule has 0 fully saturated rings. The smallest absolute Gasteiger partial charge is 0.0424 e. The first-order valence-corrected chi connectivity index (χ1v) is 7.29. The van der Waals surface area contributed by atoms with E-state index in [0.29, 0.717) is 11.5 Å². The fraction of sp³-hybridized carbons (Fsp3) is 0.706. The van der Waals surface area contributed by atoms with Gasteiger partial charge in [-0.2, -0.15) is 0 Å². The summed E-state index contributed by atoms with van der Waals surface area (Å²) in [6.45, 7) is 15.7. The molecule has 2 heteroatoms. The van der Waals surface area contributed by atoms with Gasteiger partial charge in [0.2, 0.25) is 0 Å². The molecule has 0 unspecified atom stereocenters. The number of hydrogen-bond donors (Lipinski definition) is 1. The van der Waals surface area contributed by atoms with Gasteiger partial charge in [-0.3, -0.25) is 4.98 Å². The van der Waals surface area contributed by atoms with E-state index in [2.05, 4.69) is 70.9 Å². The van der Waals surface area contributed by atoms with Crippen molar-refractivity contribution < 1.29 is 0 Å². The van der Waals surface area contributed by atoms with Gasteiger partial charge in [0, 0.05) is 29.9 Å². The third-order valence-electron chi connectivity index (χ3n) is 2.92. The average molecular weight is 262 g/mol. The molecule has 0 spiro atoms. The molecule has 1 N–H and O–H groups in total. The maximum Gasteiger partial charge on any atom is 0.0424 e. The number of hydrogen-bond acceptors (Lipinski definition) is 2. The summed E-state index contributed by atoms with van der Waals surface area (Å²) in [5.41, 5.74) is 2.98. The molecule has 19 heavy (non-hydrogen) atoms. The SMILES string of the molecule is CC(C)NC(C)(C)Cc1cc(CC(C)(C)C)ccn1. The Kier molecular flexibility index (Phi) is 5.14. The highest BCUT2D eigenvalue weighted by Crippen LogP contribution is 2.21. The zero-order valence-electron chi connectivity index (χ0n) is 13.7. The highest BCUT2D eigenvalue weighted by Gasteiger charge is 2.20. The molecule has 108 valence electrons. The van der Waals surface area contributed by atoms with E-state index in [1.807, 2.05) is 6.20 Å². The number of pyridine rings is 1. The van der Waals surface area contributed by atoms with Crippen LogP contribution >= 0.6 is 0 Å². The lowest BCUT2D eigenvalue weighted by molar-refractivity contribution is 0.350. The fourth-order valence-corrected chi connectivity index (χ4v) is 2.63. The Bertz CT molecular complexity index is 400. The highest BCUT2D eigenvalue weighted by molar-refractivity contribution is 5.19. The largest absolute Gasteiger partial charge is 0.309 e. The van der Waals surface area contributed by atoms with Gasteiger partial charge in [0.15, 0.2) is 0 Å². The first-order valence-electron chi connectivity index (χ1n) is 7.29. The zero-order chi connectivity index (χ0) is 14.7. The molecule has 2 nitrogen and oxygen atoms in total. The third kappa shape index (κ3) is 6.72. The van der Waals surface area contributed by atoms with Crippen molar-refractivity contribution in [3.8, 4) is 0 Å². The maximum absolute atomic E-state index is 4.52. The summed E-state index contributed by atoms with van der Waals surface area (Å²) in [5, 5.41) is 3.60. The second-order valence-corrected chi connectivity index (χ2v) is 7.75. The van der Waals surface area contributed by atoms with Crippen molar-refractivity contribution in [3.63, 3.8) is 0 Å². The molecule has 1 aromatic rings. The van der Waals surface area contributed by atoms with Crippen LogP contribution in [0.2, 0.25) is 0 Å². The Morgan fingerprint density at radius 2 is 1.74 bits per heavy atom. The highest BCUT2D eigenvalue weighted by atomic mass is 15.0. The summed E-state index contributed by atoms with van der Waals surface area (Å²) in [5.74, 6) is 0. The fourth-order valence-electron chi connectivity index (χ4n) is 2.63. The molecular weight excluding hydrogens is 232 g/mol. The molecule has 1 aromatic heterocycles. The molecule has 0 amide bonds. The van der Waals surface area contributed by atoms with Crippen molar-refractivity contribution in [2.24, 2.45) is 5.41 Å². The van der Waals surface area contributed by atoms with Crippen LogP contribution in [0.5, 0.6) is 0 Å². The van der Waals surface area contributed by atoms with E-state index in [0.717, 1.165) is 12.8 Å². The normalized spacial score (nSPS) is 13.1. The van der Waals surface area contributed by atoms with E-state index in [-0.39, 0.29) is 5.54 Å². The van der Waals surface area contributed by atoms with Crippen molar-refractivity contribution in [1.29, 1.82) is 0 Å². The van der Waals surface area contributed by atoms with Gasteiger partial charge in [0.1, 0.15) is 0 Å². The van der Waals surface area contributed by atoms with Gasteiger partial charge < -0.3 is 5.32 Å². The van der Waals surface area contributed by atoms with Crippen LogP contribution in [0.25, 0.3) is 0 Å². The van der Waals surface area contributed by atoms with Crippen molar-refractivity contribution in [1.82, 2.24) is 10.3 Å². The average Bonchev–Trinajstić information content (AvgIpc) is 2.11. The van der Waals surface area contributed by atoms with E-state index in [4.69, 9.17) is 0 Å². The molecule has 0 aliphatic carbocycles. The Morgan fingerprint density at radius 3 is 2.26 bits per heavy atom. The summed E-state index contributed by atoms with van der Waals surface area (Å²) >= 11 is 0. The summed E-state index contributed by atoms with van der Waals surface area (Å²) in [6, 6.07) is 4.89. The van der Waals surface area contributed by atoms with Crippen molar-refractivity contribution >= 4 is 0 Å². The van der Waals surface area contributed by atoms with Gasteiger partial charge in [-0.05, 0) is 43.4 Å². The molecule has 0 aliphatic heterocycles. The van der Waals surface area contributed by atoms with Gasteiger partial charge in [-0.25, -0.2) is 0 Å². The molecule has 0 radical (unpaired) electrons. The molecule has 1 heterocycles. The van der Waals surface area contributed by atoms with E-state index >= 15 is 0 Å². The lowest BCUT2D eigenvalue weighted by atomic mass is 9.87. The van der Waals surface area contributed by atoms with E-state index in [1.54, 1.807) is 0 Å². The number of rotatable bonds is 5. The maximum atomic E-state index is 4.52. The summed E-state index contributed by atoms with van der Waals surface area (Å²) < 4.78 is 0. The van der Waals surface area contributed by atoms with Crippen molar-refractivity contribution in [2.45, 2.75) is 72.9 Å². The predicted molar refractivity (Wildman–Crippen MR) is 83.5 cm³/mol. The summed E-state index contributed by atoms with van der Waals surface area (Å²) in [6.07, 6.45) is 4.01. The second kappa shape index (κ2) is 6.04. The minimum atomic E-state index is 0.0848. The summed E-state index contributed by atoms with van der Waals surface area (Å²) in [7, 11) is 0. The Balaban J connectivity index is 2.77. The van der Waals surface area contributed by atoms with Crippen LogP contribution in [0.1, 0.15) is 59.7 Å². The van der Waals surface area contributed by atoms with Crippen LogP contribution in [0.4, 0.5) is 0 Å². The topological polar surface area (TPSA) is 24.9 Å². The quantitative estimate of drug-likeness (QED) is 0.868. The van der Waals surface area contributed by atoms with Crippen molar-refractivity contribution in [2.75, 3.05) is 0 Å². The molecule has 0 saturated heterocycles. The molecule has 0 aromatic carbocycles. The minimum Gasteiger partial charge on any atom is -0.309 e. The van der Waals surface area contributed by atoms with Crippen LogP contribution in [0.15, 0.2) is 18.3 Å². The van der Waals surface area contributed by atoms with Gasteiger partial charge in [0.05, 0.1) is 0 Å². The number of aromatic nitrogens is 1. The van der Waals surface area contributed by atoms with Crippen LogP contribution in [0, 0.1) is 5.41 Å². The minimum absolute atomic E-state index is 0.0848. The first-order chi connectivity index (χ1) is 8.57. The van der Waals surface area contributed by atoms with Gasteiger partial charge >= 0.3 is 0 Å². The first kappa shape index (κ1) is 16.2.